The first-order valence-corrected chi connectivity index (χ1v) is 23.3. The first-order chi connectivity index (χ1) is 27.9. The lowest BCUT2D eigenvalue weighted by atomic mass is 9.84. The lowest BCUT2D eigenvalue weighted by Crippen LogP contribution is -2.66. The van der Waals surface area contributed by atoms with Gasteiger partial charge in [-0.25, -0.2) is 4.57 Å². The molecule has 4 rings (SSSR count). The number of unbranched alkanes of at least 4 members (excludes halogenated alkanes) is 14. The van der Waals surface area contributed by atoms with Crippen LogP contribution < -0.4 is 0 Å². The highest BCUT2D eigenvalue weighted by Gasteiger charge is 2.55. The van der Waals surface area contributed by atoms with Gasteiger partial charge in [-0.2, -0.15) is 0 Å². The molecule has 1 fully saturated rings. The van der Waals surface area contributed by atoms with Gasteiger partial charge in [-0.15, -0.1) is 0 Å². The molecule has 3 aromatic rings. The average molecular weight is 811 g/mol. The van der Waals surface area contributed by atoms with Crippen molar-refractivity contribution in [3.05, 3.63) is 108 Å². The Bertz CT molecular complexity index is 1380. The molecule has 0 aliphatic heterocycles. The molecule has 2 N–H and O–H groups in total. The van der Waals surface area contributed by atoms with Gasteiger partial charge in [0.25, 0.3) is 0 Å². The first kappa shape index (κ1) is 47.3. The van der Waals surface area contributed by atoms with E-state index in [1.807, 2.05) is 91.0 Å². The molecule has 0 bridgehead atoms. The van der Waals surface area contributed by atoms with Gasteiger partial charge in [-0.3, -0.25) is 13.6 Å². The fourth-order valence-corrected chi connectivity index (χ4v) is 8.67. The Morgan fingerprint density at radius 3 is 1.11 bits per heavy atom. The topological polar surface area (TPSA) is 113 Å². The van der Waals surface area contributed by atoms with Crippen LogP contribution in [0.3, 0.4) is 0 Å². The third-order valence-corrected chi connectivity index (χ3v) is 12.1. The average Bonchev–Trinajstić information content (AvgIpc) is 3.23. The number of benzene rings is 3. The van der Waals surface area contributed by atoms with E-state index in [1.165, 1.54) is 51.4 Å². The van der Waals surface area contributed by atoms with E-state index in [0.717, 1.165) is 55.2 Å². The number of phosphoric acid groups is 1. The molecule has 6 atom stereocenters. The molecule has 10 heteroatoms. The van der Waals surface area contributed by atoms with Crippen LogP contribution >= 0.6 is 7.82 Å². The summed E-state index contributed by atoms with van der Waals surface area (Å²) in [5, 5.41) is 24.0. The predicted molar refractivity (Wildman–Crippen MR) is 227 cm³/mol. The molecule has 0 radical (unpaired) electrons. The zero-order chi connectivity index (χ0) is 40.4. The van der Waals surface area contributed by atoms with Gasteiger partial charge in [-0.1, -0.05) is 195 Å². The Kier molecular flexibility index (Phi) is 23.3. The van der Waals surface area contributed by atoms with Crippen LogP contribution in [0.2, 0.25) is 0 Å². The number of phosphoric ester groups is 1. The van der Waals surface area contributed by atoms with Crippen molar-refractivity contribution in [3.8, 4) is 0 Å². The molecule has 1 saturated carbocycles. The van der Waals surface area contributed by atoms with Crippen LogP contribution in [-0.2, 0) is 52.2 Å². The third-order valence-electron chi connectivity index (χ3n) is 10.6. The normalized spacial score (nSPS) is 21.2. The van der Waals surface area contributed by atoms with Crippen LogP contribution in [0.5, 0.6) is 0 Å². The minimum absolute atomic E-state index is 0.123. The Balaban J connectivity index is 1.55. The van der Waals surface area contributed by atoms with Crippen LogP contribution in [0.25, 0.3) is 0 Å². The Morgan fingerprint density at radius 2 is 0.754 bits per heavy atom. The van der Waals surface area contributed by atoms with E-state index in [-0.39, 0.29) is 33.0 Å². The van der Waals surface area contributed by atoms with E-state index >= 15 is 0 Å². The van der Waals surface area contributed by atoms with Crippen molar-refractivity contribution >= 4 is 7.82 Å². The minimum atomic E-state index is -4.25. The zero-order valence-electron chi connectivity index (χ0n) is 34.7. The van der Waals surface area contributed by atoms with Gasteiger partial charge in [0, 0.05) is 0 Å². The second-order valence-corrected chi connectivity index (χ2v) is 17.0. The Hall–Kier alpha value is -2.43. The van der Waals surface area contributed by atoms with Gasteiger partial charge in [0.2, 0.25) is 0 Å². The van der Waals surface area contributed by atoms with Crippen molar-refractivity contribution in [2.75, 3.05) is 13.2 Å². The van der Waals surface area contributed by atoms with Crippen molar-refractivity contribution in [1.29, 1.82) is 0 Å². The smallest absolute Gasteiger partial charge is 0.387 e. The van der Waals surface area contributed by atoms with Gasteiger partial charge >= 0.3 is 7.82 Å². The van der Waals surface area contributed by atoms with Crippen LogP contribution in [0.15, 0.2) is 91.0 Å². The highest BCUT2D eigenvalue weighted by atomic mass is 31.2. The molecule has 318 valence electrons. The maximum absolute atomic E-state index is 14.8. The maximum atomic E-state index is 14.8. The first-order valence-electron chi connectivity index (χ1n) is 21.8. The van der Waals surface area contributed by atoms with E-state index in [4.69, 9.17) is 27.8 Å². The fraction of sp³-hybridized carbons (Fsp3) is 0.617. The quantitative estimate of drug-likeness (QED) is 0.0484. The summed E-state index contributed by atoms with van der Waals surface area (Å²) in [6, 6.07) is 28.8. The number of hydrogen-bond donors (Lipinski definition) is 2. The van der Waals surface area contributed by atoms with Gasteiger partial charge in [-0.05, 0) is 29.5 Å². The molecule has 0 saturated heterocycles. The molecule has 1 aliphatic rings. The molecule has 1 aliphatic carbocycles. The number of aliphatic hydroxyl groups excluding tert-OH is 2. The molecule has 3 aromatic carbocycles. The van der Waals surface area contributed by atoms with Crippen LogP contribution in [0.4, 0.5) is 0 Å². The molecule has 0 amide bonds. The zero-order valence-corrected chi connectivity index (χ0v) is 35.6. The van der Waals surface area contributed by atoms with Crippen molar-refractivity contribution in [2.45, 2.75) is 173 Å². The molecule has 0 aromatic heterocycles. The van der Waals surface area contributed by atoms with Crippen LogP contribution in [-0.4, -0.2) is 60.1 Å². The summed E-state index contributed by atoms with van der Waals surface area (Å²) in [7, 11) is -4.25. The van der Waals surface area contributed by atoms with Gasteiger partial charge in [0.05, 0.1) is 33.0 Å². The van der Waals surface area contributed by atoms with E-state index in [9.17, 15) is 14.8 Å². The van der Waals surface area contributed by atoms with Gasteiger partial charge < -0.3 is 24.4 Å². The SMILES string of the molecule is CCCCCCCCCCOP(=O)(OCCCCCCCCCC)OC1[C@H](OCc2ccccc2)[C@H](O)C(OCc2ccccc2)[C@H](O)[C@H]1OCc1ccccc1. The molecule has 0 heterocycles. The van der Waals surface area contributed by atoms with Crippen LogP contribution in [0.1, 0.15) is 133 Å². The maximum Gasteiger partial charge on any atom is 0.475 e. The molecule has 9 nitrogen and oxygen atoms in total. The van der Waals surface area contributed by atoms with E-state index in [1.54, 1.807) is 0 Å². The van der Waals surface area contributed by atoms with Crippen LogP contribution in [0, 0.1) is 0 Å². The summed E-state index contributed by atoms with van der Waals surface area (Å²) < 4.78 is 52.6. The third kappa shape index (κ3) is 17.8. The molecular formula is C47H71O9P. The van der Waals surface area contributed by atoms with Gasteiger partial charge in [0.1, 0.15) is 36.6 Å². The number of rotatable bonds is 31. The highest BCUT2D eigenvalue weighted by molar-refractivity contribution is 7.48. The van der Waals surface area contributed by atoms with Crippen molar-refractivity contribution in [1.82, 2.24) is 0 Å². The van der Waals surface area contributed by atoms with Crippen molar-refractivity contribution in [2.24, 2.45) is 0 Å². The highest BCUT2D eigenvalue weighted by Crippen LogP contribution is 2.53. The van der Waals surface area contributed by atoms with Crippen molar-refractivity contribution < 1.29 is 42.6 Å². The largest absolute Gasteiger partial charge is 0.475 e. The summed E-state index contributed by atoms with van der Waals surface area (Å²) in [6.07, 6.45) is 10.3. The van der Waals surface area contributed by atoms with E-state index in [2.05, 4.69) is 13.8 Å². The lowest BCUT2D eigenvalue weighted by Gasteiger charge is -2.47. The lowest BCUT2D eigenvalue weighted by molar-refractivity contribution is -0.259. The Labute approximate surface area is 343 Å². The minimum Gasteiger partial charge on any atom is -0.387 e. The summed E-state index contributed by atoms with van der Waals surface area (Å²) in [6.45, 7) is 5.21. The Morgan fingerprint density at radius 1 is 0.439 bits per heavy atom. The number of hydrogen-bond acceptors (Lipinski definition) is 9. The summed E-state index contributed by atoms with van der Waals surface area (Å²) in [4.78, 5) is 0. The van der Waals surface area contributed by atoms with E-state index < -0.39 is 44.4 Å². The summed E-state index contributed by atoms with van der Waals surface area (Å²) >= 11 is 0. The molecule has 57 heavy (non-hydrogen) atoms. The predicted octanol–water partition coefficient (Wildman–Crippen LogP) is 11.3. The van der Waals surface area contributed by atoms with Gasteiger partial charge in [0.15, 0.2) is 0 Å². The summed E-state index contributed by atoms with van der Waals surface area (Å²) in [5.74, 6) is 0. The molecular weight excluding hydrogens is 739 g/mol. The summed E-state index contributed by atoms with van der Waals surface area (Å²) in [5.41, 5.74) is 2.63. The second-order valence-electron chi connectivity index (χ2n) is 15.4. The molecule has 2 unspecified atom stereocenters. The number of ether oxygens (including phenoxy) is 3. The fourth-order valence-electron chi connectivity index (χ4n) is 7.23. The molecule has 0 spiro atoms. The van der Waals surface area contributed by atoms with Crippen molar-refractivity contribution in [3.63, 3.8) is 0 Å². The monoisotopic (exact) mass is 810 g/mol. The standard InChI is InChI=1S/C47H71O9P/c1-3-5-7-9-11-13-15-26-34-54-57(50,55-35-27-16-14-12-10-8-6-4-2)56-47-45(52-37-40-30-22-18-23-31-40)42(48)44(51-36-39-28-20-17-21-29-39)43(49)46(47)53-38-41-32-24-19-25-33-41/h17-25,28-33,42-49H,3-16,26-27,34-38H2,1-2H3/t42-,43+,44?,45-,46-,47?/m1/s1. The number of aliphatic hydroxyl groups is 2. The van der Waals surface area contributed by atoms with E-state index in [0.29, 0.717) is 12.8 Å². The second kappa shape index (κ2) is 28.1.